The standard InChI is InChI=1S/C27H34N4O2/c1-18(2)25(23-13-12-19(3)15-20(23)4)29-27(32)22-11-8-14-31(16-22)17-24-28-26(30-33-24)21-9-6-5-7-10-21/h5-7,9-10,12-13,15,18,22,25H,8,11,14,16-17H2,1-4H3,(H,29,32). The second-order valence-electron chi connectivity index (χ2n) is 9.54. The Morgan fingerprint density at radius 3 is 2.70 bits per heavy atom. The van der Waals surface area contributed by atoms with Gasteiger partial charge in [0.25, 0.3) is 0 Å². The lowest BCUT2D eigenvalue weighted by molar-refractivity contribution is -0.128. The molecule has 1 aromatic heterocycles. The van der Waals surface area contributed by atoms with Crippen molar-refractivity contribution in [1.82, 2.24) is 20.4 Å². The molecule has 33 heavy (non-hydrogen) atoms. The van der Waals surface area contributed by atoms with E-state index in [0.29, 0.717) is 30.7 Å². The zero-order valence-electron chi connectivity index (χ0n) is 20.0. The zero-order chi connectivity index (χ0) is 23.4. The first-order valence-corrected chi connectivity index (χ1v) is 11.9. The predicted molar refractivity (Wildman–Crippen MR) is 129 cm³/mol. The molecule has 2 atom stereocenters. The van der Waals surface area contributed by atoms with Gasteiger partial charge in [-0.15, -0.1) is 0 Å². The molecule has 1 fully saturated rings. The van der Waals surface area contributed by atoms with Crippen LogP contribution < -0.4 is 5.32 Å². The molecule has 0 saturated carbocycles. The summed E-state index contributed by atoms with van der Waals surface area (Å²) in [5.74, 6) is 1.59. The molecule has 6 nitrogen and oxygen atoms in total. The van der Waals surface area contributed by atoms with Gasteiger partial charge in [0.2, 0.25) is 17.6 Å². The minimum Gasteiger partial charge on any atom is -0.349 e. The number of carbonyl (C=O) groups excluding carboxylic acids is 1. The molecule has 0 aliphatic carbocycles. The molecule has 1 aliphatic heterocycles. The number of aromatic nitrogens is 2. The summed E-state index contributed by atoms with van der Waals surface area (Å²) in [4.78, 5) is 20.1. The fraction of sp³-hybridized carbons (Fsp3) is 0.444. The van der Waals surface area contributed by atoms with Crippen molar-refractivity contribution in [1.29, 1.82) is 0 Å². The summed E-state index contributed by atoms with van der Waals surface area (Å²) in [6, 6.07) is 16.3. The van der Waals surface area contributed by atoms with Crippen LogP contribution in [0.15, 0.2) is 53.1 Å². The number of aryl methyl sites for hydroxylation is 2. The van der Waals surface area contributed by atoms with Crippen LogP contribution in [0, 0.1) is 25.7 Å². The second kappa shape index (κ2) is 10.3. The average molecular weight is 447 g/mol. The Morgan fingerprint density at radius 2 is 1.97 bits per heavy atom. The summed E-state index contributed by atoms with van der Waals surface area (Å²) < 4.78 is 5.49. The van der Waals surface area contributed by atoms with Crippen LogP contribution in [0.2, 0.25) is 0 Å². The smallest absolute Gasteiger partial charge is 0.241 e. The number of nitrogens with one attached hydrogen (secondary N) is 1. The SMILES string of the molecule is Cc1ccc(C(NC(=O)C2CCCN(Cc3nc(-c4ccccc4)no3)C2)C(C)C)c(C)c1. The van der Waals surface area contributed by atoms with E-state index in [2.05, 4.69) is 66.3 Å². The normalized spacial score (nSPS) is 17.8. The lowest BCUT2D eigenvalue weighted by Crippen LogP contribution is -2.44. The Hall–Kier alpha value is -2.99. The predicted octanol–water partition coefficient (Wildman–Crippen LogP) is 5.08. The lowest BCUT2D eigenvalue weighted by Gasteiger charge is -2.33. The Morgan fingerprint density at radius 1 is 1.18 bits per heavy atom. The molecule has 2 aromatic carbocycles. The highest BCUT2D eigenvalue weighted by Crippen LogP contribution is 2.27. The van der Waals surface area contributed by atoms with E-state index < -0.39 is 0 Å². The number of likely N-dealkylation sites (tertiary alicyclic amines) is 1. The van der Waals surface area contributed by atoms with E-state index in [4.69, 9.17) is 4.52 Å². The van der Waals surface area contributed by atoms with Gasteiger partial charge in [-0.2, -0.15) is 4.98 Å². The van der Waals surface area contributed by atoms with Gasteiger partial charge in [-0.3, -0.25) is 9.69 Å². The highest BCUT2D eigenvalue weighted by molar-refractivity contribution is 5.79. The molecular weight excluding hydrogens is 412 g/mol. The van der Waals surface area contributed by atoms with E-state index in [9.17, 15) is 4.79 Å². The fourth-order valence-corrected chi connectivity index (χ4v) is 4.68. The van der Waals surface area contributed by atoms with E-state index in [1.54, 1.807) is 0 Å². The summed E-state index contributed by atoms with van der Waals surface area (Å²) in [7, 11) is 0. The first-order valence-electron chi connectivity index (χ1n) is 11.9. The van der Waals surface area contributed by atoms with Crippen molar-refractivity contribution in [3.05, 3.63) is 71.1 Å². The van der Waals surface area contributed by atoms with Crippen LogP contribution in [0.3, 0.4) is 0 Å². The molecule has 0 radical (unpaired) electrons. The number of hydrogen-bond donors (Lipinski definition) is 1. The minimum atomic E-state index is -0.0396. The highest BCUT2D eigenvalue weighted by atomic mass is 16.5. The third-order valence-electron chi connectivity index (χ3n) is 6.46. The Bertz CT molecular complexity index is 1080. The van der Waals surface area contributed by atoms with Gasteiger partial charge in [0.05, 0.1) is 18.5 Å². The molecule has 1 amide bonds. The quantitative estimate of drug-likeness (QED) is 0.548. The third-order valence-corrected chi connectivity index (χ3v) is 6.46. The van der Waals surface area contributed by atoms with E-state index in [-0.39, 0.29) is 17.9 Å². The van der Waals surface area contributed by atoms with Crippen molar-refractivity contribution >= 4 is 5.91 Å². The fourth-order valence-electron chi connectivity index (χ4n) is 4.68. The molecule has 3 aromatic rings. The molecule has 174 valence electrons. The first kappa shape index (κ1) is 23.2. The van der Waals surface area contributed by atoms with Crippen LogP contribution in [0.1, 0.15) is 55.3 Å². The number of piperidine rings is 1. The van der Waals surface area contributed by atoms with Gasteiger partial charge in [0.1, 0.15) is 0 Å². The molecular formula is C27H34N4O2. The van der Waals surface area contributed by atoms with Crippen LogP contribution in [-0.2, 0) is 11.3 Å². The van der Waals surface area contributed by atoms with Crippen molar-refractivity contribution in [2.24, 2.45) is 11.8 Å². The molecule has 1 saturated heterocycles. The minimum absolute atomic E-state index is 0.0119. The van der Waals surface area contributed by atoms with Gasteiger partial charge >= 0.3 is 0 Å². The summed E-state index contributed by atoms with van der Waals surface area (Å²) in [6.07, 6.45) is 1.88. The van der Waals surface area contributed by atoms with Crippen LogP contribution in [-0.4, -0.2) is 34.0 Å². The van der Waals surface area contributed by atoms with Crippen LogP contribution in [0.4, 0.5) is 0 Å². The molecule has 6 heteroatoms. The maximum atomic E-state index is 13.3. The summed E-state index contributed by atoms with van der Waals surface area (Å²) >= 11 is 0. The van der Waals surface area contributed by atoms with Gasteiger partial charge in [0, 0.05) is 12.1 Å². The Labute approximate surface area is 196 Å². The molecule has 2 heterocycles. The maximum absolute atomic E-state index is 13.3. The molecule has 4 rings (SSSR count). The topological polar surface area (TPSA) is 71.3 Å². The van der Waals surface area contributed by atoms with Crippen molar-refractivity contribution in [2.75, 3.05) is 13.1 Å². The van der Waals surface area contributed by atoms with Gasteiger partial charge in [0.15, 0.2) is 0 Å². The zero-order valence-corrected chi connectivity index (χ0v) is 20.0. The number of benzene rings is 2. The molecule has 1 N–H and O–H groups in total. The molecule has 0 bridgehead atoms. The monoisotopic (exact) mass is 446 g/mol. The van der Waals surface area contributed by atoms with Crippen LogP contribution in [0.5, 0.6) is 0 Å². The maximum Gasteiger partial charge on any atom is 0.241 e. The van der Waals surface area contributed by atoms with Crippen LogP contribution in [0.25, 0.3) is 11.4 Å². The first-order chi connectivity index (χ1) is 15.9. The summed E-state index contributed by atoms with van der Waals surface area (Å²) in [6.45, 7) is 10.7. The van der Waals surface area contributed by atoms with Crippen molar-refractivity contribution in [3.8, 4) is 11.4 Å². The largest absolute Gasteiger partial charge is 0.349 e. The van der Waals surface area contributed by atoms with E-state index in [0.717, 1.165) is 24.9 Å². The summed E-state index contributed by atoms with van der Waals surface area (Å²) in [5, 5.41) is 7.48. The van der Waals surface area contributed by atoms with Gasteiger partial charge in [-0.05, 0) is 50.3 Å². The molecule has 1 aliphatic rings. The summed E-state index contributed by atoms with van der Waals surface area (Å²) in [5.41, 5.74) is 4.61. The van der Waals surface area contributed by atoms with Gasteiger partial charge in [-0.25, -0.2) is 0 Å². The third kappa shape index (κ3) is 5.69. The van der Waals surface area contributed by atoms with Crippen molar-refractivity contribution in [3.63, 3.8) is 0 Å². The second-order valence-corrected chi connectivity index (χ2v) is 9.54. The lowest BCUT2D eigenvalue weighted by atomic mass is 9.90. The van der Waals surface area contributed by atoms with E-state index in [1.165, 1.54) is 16.7 Å². The Balaban J connectivity index is 1.39. The number of carbonyl (C=O) groups is 1. The van der Waals surface area contributed by atoms with E-state index in [1.807, 2.05) is 30.3 Å². The van der Waals surface area contributed by atoms with E-state index >= 15 is 0 Å². The van der Waals surface area contributed by atoms with Crippen LogP contribution >= 0.6 is 0 Å². The number of nitrogens with zero attached hydrogens (tertiary/aromatic N) is 3. The van der Waals surface area contributed by atoms with Gasteiger partial charge in [-0.1, -0.05) is 73.1 Å². The Kier molecular flexibility index (Phi) is 7.23. The highest BCUT2D eigenvalue weighted by Gasteiger charge is 2.29. The number of amides is 1. The average Bonchev–Trinajstić information content (AvgIpc) is 3.27. The molecule has 2 unspecified atom stereocenters. The molecule has 0 spiro atoms. The number of hydrogen-bond acceptors (Lipinski definition) is 5. The van der Waals surface area contributed by atoms with Crippen molar-refractivity contribution in [2.45, 2.75) is 53.1 Å². The van der Waals surface area contributed by atoms with Crippen molar-refractivity contribution < 1.29 is 9.32 Å². The number of rotatable bonds is 7. The van der Waals surface area contributed by atoms with Gasteiger partial charge < -0.3 is 9.84 Å².